The Bertz CT molecular complexity index is 832. The number of nitrogens with one attached hydrogen (secondary N) is 1. The summed E-state index contributed by atoms with van der Waals surface area (Å²) in [5.41, 5.74) is 1.74. The molecule has 0 aliphatic carbocycles. The average Bonchev–Trinajstić information content (AvgIpc) is 2.99. The van der Waals surface area contributed by atoms with E-state index < -0.39 is 5.97 Å². The molecule has 0 aliphatic rings. The van der Waals surface area contributed by atoms with E-state index in [1.54, 1.807) is 17.5 Å². The van der Waals surface area contributed by atoms with E-state index in [2.05, 4.69) is 10.3 Å². The molecule has 2 amide bonds. The Labute approximate surface area is 162 Å². The predicted molar refractivity (Wildman–Crippen MR) is 101 cm³/mol. The number of amides is 2. The van der Waals surface area contributed by atoms with Gasteiger partial charge in [0.05, 0.1) is 5.69 Å². The summed E-state index contributed by atoms with van der Waals surface area (Å²) in [7, 11) is 0. The Morgan fingerprint density at radius 2 is 1.96 bits per heavy atom. The summed E-state index contributed by atoms with van der Waals surface area (Å²) >= 11 is 1.13. The van der Waals surface area contributed by atoms with Gasteiger partial charge in [-0.2, -0.15) is 0 Å². The van der Waals surface area contributed by atoms with E-state index in [4.69, 9.17) is 0 Å². The summed E-state index contributed by atoms with van der Waals surface area (Å²) in [5, 5.41) is 15.1. The zero-order valence-electron chi connectivity index (χ0n) is 15.5. The molecule has 0 aliphatic heterocycles. The van der Waals surface area contributed by atoms with Crippen LogP contribution in [0, 0.1) is 12.8 Å². The summed E-state index contributed by atoms with van der Waals surface area (Å²) in [5.74, 6) is -1.62. The van der Waals surface area contributed by atoms with E-state index in [1.807, 2.05) is 32.9 Å². The van der Waals surface area contributed by atoms with Crippen molar-refractivity contribution in [2.45, 2.75) is 27.2 Å². The molecule has 1 heterocycles. The number of benzene rings is 1. The van der Waals surface area contributed by atoms with Crippen LogP contribution in [-0.4, -0.2) is 40.8 Å². The number of carboxylic acid groups (broad SMARTS) is 1. The maximum atomic E-state index is 12.9. The van der Waals surface area contributed by atoms with Crippen LogP contribution in [0.15, 0.2) is 29.6 Å². The Morgan fingerprint density at radius 3 is 2.59 bits per heavy atom. The van der Waals surface area contributed by atoms with Crippen LogP contribution >= 0.6 is 11.3 Å². The summed E-state index contributed by atoms with van der Waals surface area (Å²) in [6, 6.07) is 7.26. The maximum Gasteiger partial charge on any atom is 0.254 e. The molecule has 1 aromatic carbocycles. The van der Waals surface area contributed by atoms with Gasteiger partial charge in [-0.05, 0) is 24.5 Å². The molecule has 7 nitrogen and oxygen atoms in total. The molecule has 2 rings (SSSR count). The van der Waals surface area contributed by atoms with Crippen LogP contribution in [0.4, 0.5) is 5.13 Å². The first-order chi connectivity index (χ1) is 12.8. The van der Waals surface area contributed by atoms with E-state index >= 15 is 0 Å². The quantitative estimate of drug-likeness (QED) is 0.738. The van der Waals surface area contributed by atoms with E-state index in [0.29, 0.717) is 22.9 Å². The molecule has 2 aromatic rings. The number of thiazole rings is 1. The van der Waals surface area contributed by atoms with Crippen LogP contribution in [-0.2, 0) is 16.0 Å². The molecule has 144 valence electrons. The molecule has 0 radical (unpaired) electrons. The number of anilines is 1. The molecule has 8 heteroatoms. The van der Waals surface area contributed by atoms with E-state index in [-0.39, 0.29) is 30.7 Å². The van der Waals surface area contributed by atoms with Gasteiger partial charge in [-0.15, -0.1) is 11.3 Å². The van der Waals surface area contributed by atoms with E-state index in [1.165, 1.54) is 4.90 Å². The van der Waals surface area contributed by atoms with Gasteiger partial charge < -0.3 is 20.1 Å². The lowest BCUT2D eigenvalue weighted by Gasteiger charge is -2.24. The minimum absolute atomic E-state index is 0.110. The second kappa shape index (κ2) is 9.27. The molecular weight excluding hydrogens is 366 g/mol. The van der Waals surface area contributed by atoms with Crippen molar-refractivity contribution in [1.29, 1.82) is 0 Å². The summed E-state index contributed by atoms with van der Waals surface area (Å²) in [6.07, 6.45) is -0.308. The summed E-state index contributed by atoms with van der Waals surface area (Å²) in [4.78, 5) is 41.4. The fourth-order valence-corrected chi connectivity index (χ4v) is 3.30. The number of carbonyl (C=O) groups excluding carboxylic acids is 3. The number of aromatic nitrogens is 1. The van der Waals surface area contributed by atoms with Crippen LogP contribution < -0.4 is 10.4 Å². The summed E-state index contributed by atoms with van der Waals surface area (Å²) in [6.45, 7) is 6.14. The Kier molecular flexibility index (Phi) is 7.06. The minimum Gasteiger partial charge on any atom is -0.550 e. The van der Waals surface area contributed by atoms with Gasteiger partial charge in [0.1, 0.15) is 6.54 Å². The number of rotatable bonds is 8. The molecule has 0 saturated carbocycles. The van der Waals surface area contributed by atoms with Crippen molar-refractivity contribution >= 4 is 34.3 Å². The predicted octanol–water partition coefficient (Wildman–Crippen LogP) is 1.48. The van der Waals surface area contributed by atoms with E-state index in [9.17, 15) is 19.5 Å². The van der Waals surface area contributed by atoms with Gasteiger partial charge in [-0.1, -0.05) is 32.0 Å². The Balaban J connectivity index is 2.07. The fourth-order valence-electron chi connectivity index (χ4n) is 2.57. The van der Waals surface area contributed by atoms with Gasteiger partial charge in [0, 0.05) is 29.9 Å². The van der Waals surface area contributed by atoms with Gasteiger partial charge in [-0.3, -0.25) is 9.59 Å². The van der Waals surface area contributed by atoms with Crippen molar-refractivity contribution in [3.8, 4) is 0 Å². The third-order valence-electron chi connectivity index (χ3n) is 3.71. The molecule has 0 atom stereocenters. The molecule has 0 bridgehead atoms. The third kappa shape index (κ3) is 6.18. The van der Waals surface area contributed by atoms with Crippen LogP contribution in [0.2, 0.25) is 0 Å². The minimum atomic E-state index is -1.23. The highest BCUT2D eigenvalue weighted by Gasteiger charge is 2.21. The lowest BCUT2D eigenvalue weighted by Crippen LogP contribution is -2.40. The highest BCUT2D eigenvalue weighted by molar-refractivity contribution is 7.13. The fraction of sp³-hybridized carbons (Fsp3) is 0.368. The van der Waals surface area contributed by atoms with Crippen molar-refractivity contribution in [2.24, 2.45) is 5.92 Å². The first-order valence-electron chi connectivity index (χ1n) is 8.55. The molecule has 0 fully saturated rings. The van der Waals surface area contributed by atoms with Gasteiger partial charge in [0.15, 0.2) is 5.13 Å². The third-order valence-corrected chi connectivity index (χ3v) is 4.51. The number of aryl methyl sites for hydroxylation is 1. The SMILES string of the molecule is Cc1ccccc1C(=O)N(CC(=O)Nc1nc(CC(=O)[O-])cs1)CC(C)C. The molecule has 1 N–H and O–H groups in total. The normalized spacial score (nSPS) is 10.7. The topological polar surface area (TPSA) is 102 Å². The highest BCUT2D eigenvalue weighted by atomic mass is 32.1. The van der Waals surface area contributed by atoms with Crippen LogP contribution in [0.25, 0.3) is 0 Å². The van der Waals surface area contributed by atoms with Crippen LogP contribution in [0.3, 0.4) is 0 Å². The monoisotopic (exact) mass is 388 g/mol. The molecule has 27 heavy (non-hydrogen) atoms. The van der Waals surface area contributed by atoms with Crippen molar-refractivity contribution in [2.75, 3.05) is 18.4 Å². The number of aliphatic carboxylic acids is 1. The molecule has 1 aromatic heterocycles. The number of nitrogens with zero attached hydrogens (tertiary/aromatic N) is 2. The molecule has 0 saturated heterocycles. The van der Waals surface area contributed by atoms with Crippen molar-refractivity contribution < 1.29 is 19.5 Å². The lowest BCUT2D eigenvalue weighted by atomic mass is 10.1. The second-order valence-corrected chi connectivity index (χ2v) is 7.49. The molecular formula is C19H22N3O4S-. The summed E-state index contributed by atoms with van der Waals surface area (Å²) < 4.78 is 0. The zero-order chi connectivity index (χ0) is 20.0. The second-order valence-electron chi connectivity index (χ2n) is 6.64. The van der Waals surface area contributed by atoms with Gasteiger partial charge in [0.25, 0.3) is 5.91 Å². The number of carboxylic acids is 1. The number of hydrogen-bond donors (Lipinski definition) is 1. The lowest BCUT2D eigenvalue weighted by molar-refractivity contribution is -0.304. The van der Waals surface area contributed by atoms with Crippen molar-refractivity contribution in [1.82, 2.24) is 9.88 Å². The van der Waals surface area contributed by atoms with Gasteiger partial charge in [-0.25, -0.2) is 4.98 Å². The Hall–Kier alpha value is -2.74. The van der Waals surface area contributed by atoms with Crippen molar-refractivity contribution in [3.05, 3.63) is 46.5 Å². The molecule has 0 unspecified atom stereocenters. The standard InChI is InChI=1S/C19H23N3O4S/c1-12(2)9-22(18(26)15-7-5-4-6-13(15)3)10-16(23)21-19-20-14(11-27-19)8-17(24)25/h4-7,11-12H,8-10H2,1-3H3,(H,24,25)(H,20,21,23)/p-1. The van der Waals surface area contributed by atoms with Crippen LogP contribution in [0.1, 0.15) is 35.5 Å². The van der Waals surface area contributed by atoms with Crippen LogP contribution in [0.5, 0.6) is 0 Å². The van der Waals surface area contributed by atoms with Gasteiger partial charge in [0.2, 0.25) is 5.91 Å². The smallest absolute Gasteiger partial charge is 0.254 e. The van der Waals surface area contributed by atoms with Gasteiger partial charge >= 0.3 is 0 Å². The Morgan fingerprint density at radius 1 is 1.26 bits per heavy atom. The largest absolute Gasteiger partial charge is 0.550 e. The first-order valence-corrected chi connectivity index (χ1v) is 9.43. The number of carbonyl (C=O) groups is 3. The average molecular weight is 388 g/mol. The van der Waals surface area contributed by atoms with E-state index in [0.717, 1.165) is 16.9 Å². The molecule has 0 spiro atoms. The van der Waals surface area contributed by atoms with Crippen molar-refractivity contribution in [3.63, 3.8) is 0 Å². The first kappa shape index (κ1) is 20.6. The maximum absolute atomic E-state index is 12.9. The number of hydrogen-bond acceptors (Lipinski definition) is 6. The zero-order valence-corrected chi connectivity index (χ0v) is 16.3. The highest BCUT2D eigenvalue weighted by Crippen LogP contribution is 2.16.